The van der Waals surface area contributed by atoms with Gasteiger partial charge in [0.05, 0.1) is 29.0 Å². The maximum Gasteiger partial charge on any atom is 0.251 e. The number of piperidine rings is 1. The topological polar surface area (TPSA) is 74.7 Å². The molecule has 29 heavy (non-hydrogen) atoms. The number of aromatic nitrogens is 1. The molecule has 150 valence electrons. The van der Waals surface area contributed by atoms with Crippen molar-refractivity contribution in [2.45, 2.75) is 31.4 Å². The molecule has 0 aliphatic carbocycles. The summed E-state index contributed by atoms with van der Waals surface area (Å²) in [5.74, 6) is 0.767. The average Bonchev–Trinajstić information content (AvgIpc) is 3.18. The van der Waals surface area contributed by atoms with Crippen molar-refractivity contribution in [3.63, 3.8) is 0 Å². The third-order valence-electron chi connectivity index (χ3n) is 5.64. The standard InChI is InChI=1S/C22H23N3O3S/c26-15-7-10-25(11-8-15)22-24-18-6-5-14(13-20(18)29-22)21(27)23-17-9-12-28-19-4-2-1-3-16(17)19/h1-6,13,15,17,26H,7-12H2,(H,23,27). The number of ether oxygens (including phenoxy) is 1. The van der Waals surface area contributed by atoms with Gasteiger partial charge in [-0.15, -0.1) is 0 Å². The van der Waals surface area contributed by atoms with Gasteiger partial charge >= 0.3 is 0 Å². The number of fused-ring (bicyclic) bond motifs is 2. The van der Waals surface area contributed by atoms with Gasteiger partial charge in [0.15, 0.2) is 5.13 Å². The molecule has 0 bridgehead atoms. The zero-order valence-electron chi connectivity index (χ0n) is 16.0. The highest BCUT2D eigenvalue weighted by Crippen LogP contribution is 2.33. The molecule has 0 spiro atoms. The lowest BCUT2D eigenvalue weighted by Crippen LogP contribution is -2.35. The molecular weight excluding hydrogens is 386 g/mol. The number of nitrogens with one attached hydrogen (secondary N) is 1. The Morgan fingerprint density at radius 1 is 1.17 bits per heavy atom. The van der Waals surface area contributed by atoms with E-state index < -0.39 is 0 Å². The van der Waals surface area contributed by atoms with Crippen LogP contribution in [-0.4, -0.2) is 41.8 Å². The first-order valence-corrected chi connectivity index (χ1v) is 10.9. The number of thiazole rings is 1. The maximum absolute atomic E-state index is 12.9. The summed E-state index contributed by atoms with van der Waals surface area (Å²) in [5, 5.41) is 13.8. The molecule has 0 saturated carbocycles. The van der Waals surface area contributed by atoms with Crippen LogP contribution in [-0.2, 0) is 0 Å². The van der Waals surface area contributed by atoms with Crippen LogP contribution in [0.4, 0.5) is 5.13 Å². The SMILES string of the molecule is O=C(NC1CCOc2ccccc21)c1ccc2nc(N3CCC(O)CC3)sc2c1. The Balaban J connectivity index is 1.35. The quantitative estimate of drug-likeness (QED) is 0.692. The molecule has 1 fully saturated rings. The predicted octanol–water partition coefficient (Wildman–Crippen LogP) is 3.51. The summed E-state index contributed by atoms with van der Waals surface area (Å²) in [7, 11) is 0. The smallest absolute Gasteiger partial charge is 0.251 e. The Kier molecular flexibility index (Phi) is 4.85. The number of nitrogens with zero attached hydrogens (tertiary/aromatic N) is 2. The average molecular weight is 410 g/mol. The van der Waals surface area contributed by atoms with E-state index in [1.54, 1.807) is 11.3 Å². The molecule has 3 aromatic rings. The number of amides is 1. The number of carbonyl (C=O) groups excluding carboxylic acids is 1. The fourth-order valence-electron chi connectivity index (χ4n) is 3.98. The van der Waals surface area contributed by atoms with Crippen LogP contribution in [0.1, 0.15) is 41.2 Å². The molecule has 5 rings (SSSR count). The van der Waals surface area contributed by atoms with Gasteiger partial charge in [-0.05, 0) is 37.1 Å². The van der Waals surface area contributed by atoms with Crippen LogP contribution in [0, 0.1) is 0 Å². The van der Waals surface area contributed by atoms with E-state index in [4.69, 9.17) is 9.72 Å². The number of rotatable bonds is 3. The number of hydrogen-bond acceptors (Lipinski definition) is 6. The number of anilines is 1. The number of para-hydroxylation sites is 1. The van der Waals surface area contributed by atoms with Gasteiger partial charge in [0.1, 0.15) is 5.75 Å². The maximum atomic E-state index is 12.9. The minimum absolute atomic E-state index is 0.0417. The minimum Gasteiger partial charge on any atom is -0.493 e. The van der Waals surface area contributed by atoms with Crippen molar-refractivity contribution in [2.75, 3.05) is 24.6 Å². The highest BCUT2D eigenvalue weighted by atomic mass is 32.1. The molecule has 1 atom stereocenters. The second kappa shape index (κ2) is 7.65. The van der Waals surface area contributed by atoms with E-state index in [9.17, 15) is 9.90 Å². The van der Waals surface area contributed by atoms with Crippen LogP contribution >= 0.6 is 11.3 Å². The first kappa shape index (κ1) is 18.4. The van der Waals surface area contributed by atoms with Gasteiger partial charge < -0.3 is 20.1 Å². The van der Waals surface area contributed by atoms with Gasteiger partial charge in [-0.2, -0.15) is 0 Å². The fraction of sp³-hybridized carbons (Fsp3) is 0.364. The van der Waals surface area contributed by atoms with Crippen molar-refractivity contribution in [1.29, 1.82) is 0 Å². The summed E-state index contributed by atoms with van der Waals surface area (Å²) < 4.78 is 6.69. The van der Waals surface area contributed by atoms with E-state index in [0.717, 1.165) is 59.0 Å². The lowest BCUT2D eigenvalue weighted by atomic mass is 10.00. The van der Waals surface area contributed by atoms with E-state index >= 15 is 0 Å². The van der Waals surface area contributed by atoms with Crippen LogP contribution in [0.2, 0.25) is 0 Å². The van der Waals surface area contributed by atoms with Crippen LogP contribution in [0.25, 0.3) is 10.2 Å². The van der Waals surface area contributed by atoms with E-state index in [2.05, 4.69) is 10.2 Å². The number of aliphatic hydroxyl groups is 1. The molecule has 0 radical (unpaired) electrons. The number of benzene rings is 2. The molecule has 6 nitrogen and oxygen atoms in total. The highest BCUT2D eigenvalue weighted by molar-refractivity contribution is 7.22. The van der Waals surface area contributed by atoms with E-state index in [1.807, 2.05) is 42.5 Å². The van der Waals surface area contributed by atoms with Crippen molar-refractivity contribution in [3.8, 4) is 5.75 Å². The molecule has 1 unspecified atom stereocenters. The summed E-state index contributed by atoms with van der Waals surface area (Å²) >= 11 is 1.60. The van der Waals surface area contributed by atoms with Crippen LogP contribution in [0.3, 0.4) is 0 Å². The molecule has 2 aromatic carbocycles. The summed E-state index contributed by atoms with van der Waals surface area (Å²) in [6, 6.07) is 13.5. The van der Waals surface area contributed by atoms with Crippen LogP contribution < -0.4 is 15.0 Å². The zero-order valence-corrected chi connectivity index (χ0v) is 16.8. The second-order valence-electron chi connectivity index (χ2n) is 7.60. The summed E-state index contributed by atoms with van der Waals surface area (Å²) in [6.07, 6.45) is 2.11. The first-order valence-electron chi connectivity index (χ1n) is 10.0. The van der Waals surface area contributed by atoms with Crippen molar-refractivity contribution < 1.29 is 14.6 Å². The molecule has 2 aliphatic heterocycles. The molecule has 2 N–H and O–H groups in total. The van der Waals surface area contributed by atoms with Crippen molar-refractivity contribution in [2.24, 2.45) is 0 Å². The van der Waals surface area contributed by atoms with Crippen molar-refractivity contribution >= 4 is 32.6 Å². The Labute approximate surface area is 173 Å². The summed E-state index contributed by atoms with van der Waals surface area (Å²) in [4.78, 5) is 19.8. The van der Waals surface area contributed by atoms with Gasteiger partial charge in [0.2, 0.25) is 0 Å². The Morgan fingerprint density at radius 3 is 2.86 bits per heavy atom. The fourth-order valence-corrected chi connectivity index (χ4v) is 5.04. The van der Waals surface area contributed by atoms with Gasteiger partial charge in [-0.25, -0.2) is 4.98 Å². The number of hydrogen-bond donors (Lipinski definition) is 2. The van der Waals surface area contributed by atoms with Gasteiger partial charge in [-0.1, -0.05) is 29.5 Å². The largest absolute Gasteiger partial charge is 0.493 e. The molecule has 7 heteroatoms. The van der Waals surface area contributed by atoms with E-state index in [1.165, 1.54) is 0 Å². The van der Waals surface area contributed by atoms with Gasteiger partial charge in [0.25, 0.3) is 5.91 Å². The molecule has 2 aliphatic rings. The predicted molar refractivity (Wildman–Crippen MR) is 114 cm³/mol. The first-order chi connectivity index (χ1) is 14.2. The monoisotopic (exact) mass is 409 g/mol. The zero-order chi connectivity index (χ0) is 19.8. The Hall–Kier alpha value is -2.64. The van der Waals surface area contributed by atoms with Crippen molar-refractivity contribution in [1.82, 2.24) is 10.3 Å². The molecule has 3 heterocycles. The number of aliphatic hydroxyl groups excluding tert-OH is 1. The van der Waals surface area contributed by atoms with Crippen LogP contribution in [0.5, 0.6) is 5.75 Å². The Morgan fingerprint density at radius 2 is 2.00 bits per heavy atom. The molecular formula is C22H23N3O3S. The van der Waals surface area contributed by atoms with E-state index in [0.29, 0.717) is 12.2 Å². The van der Waals surface area contributed by atoms with Crippen LogP contribution in [0.15, 0.2) is 42.5 Å². The third kappa shape index (κ3) is 3.68. The van der Waals surface area contributed by atoms with Gasteiger partial charge in [-0.3, -0.25) is 4.79 Å². The van der Waals surface area contributed by atoms with Gasteiger partial charge in [0, 0.05) is 30.6 Å². The lowest BCUT2D eigenvalue weighted by Gasteiger charge is -2.28. The normalized spacial score (nSPS) is 19.6. The van der Waals surface area contributed by atoms with E-state index in [-0.39, 0.29) is 18.1 Å². The molecule has 1 amide bonds. The lowest BCUT2D eigenvalue weighted by molar-refractivity contribution is 0.0925. The summed E-state index contributed by atoms with van der Waals surface area (Å²) in [6.45, 7) is 2.23. The third-order valence-corrected chi connectivity index (χ3v) is 6.72. The minimum atomic E-state index is -0.203. The summed E-state index contributed by atoms with van der Waals surface area (Å²) in [5.41, 5.74) is 2.58. The number of carbonyl (C=O) groups is 1. The van der Waals surface area contributed by atoms with Crippen molar-refractivity contribution in [3.05, 3.63) is 53.6 Å². The second-order valence-corrected chi connectivity index (χ2v) is 8.61. The highest BCUT2D eigenvalue weighted by Gasteiger charge is 2.24. The molecule has 1 aromatic heterocycles. The Bertz CT molecular complexity index is 1040. The molecule has 1 saturated heterocycles.